The van der Waals surface area contributed by atoms with E-state index in [9.17, 15) is 12.8 Å². The van der Waals surface area contributed by atoms with E-state index in [4.69, 9.17) is 5.11 Å². The molecule has 0 spiro atoms. The van der Waals surface area contributed by atoms with E-state index in [1.165, 1.54) is 12.1 Å². The Morgan fingerprint density at radius 3 is 2.65 bits per heavy atom. The van der Waals surface area contributed by atoms with Crippen molar-refractivity contribution in [1.29, 1.82) is 0 Å². The summed E-state index contributed by atoms with van der Waals surface area (Å²) in [5.41, 5.74) is 0.0165. The molecule has 0 radical (unpaired) electrons. The van der Waals surface area contributed by atoms with E-state index in [2.05, 4.69) is 16.6 Å². The van der Waals surface area contributed by atoms with Gasteiger partial charge in [-0.1, -0.05) is 25.7 Å². The SMILES string of the molecule is CC1(C)CC1NS(=O)(=O)c1ccc(C#CCO)c(F)c1. The van der Waals surface area contributed by atoms with Crippen molar-refractivity contribution in [1.82, 2.24) is 4.72 Å². The maximum Gasteiger partial charge on any atom is 0.240 e. The molecule has 1 unspecified atom stereocenters. The molecule has 1 atom stereocenters. The van der Waals surface area contributed by atoms with Crippen molar-refractivity contribution in [2.75, 3.05) is 6.61 Å². The summed E-state index contributed by atoms with van der Waals surface area (Å²) < 4.78 is 40.5. The second kappa shape index (κ2) is 5.17. The van der Waals surface area contributed by atoms with Crippen LogP contribution < -0.4 is 4.72 Å². The first-order chi connectivity index (χ1) is 9.26. The average Bonchev–Trinajstić information content (AvgIpc) is 2.93. The molecule has 1 saturated carbocycles. The standard InChI is InChI=1S/C14H16FNO3S/c1-14(2)9-13(14)16-20(18,19)11-6-5-10(4-3-7-17)12(15)8-11/h5-6,8,13,16-17H,7,9H2,1-2H3. The Labute approximate surface area is 118 Å². The van der Waals surface area contributed by atoms with E-state index >= 15 is 0 Å². The highest BCUT2D eigenvalue weighted by molar-refractivity contribution is 7.89. The number of sulfonamides is 1. The van der Waals surface area contributed by atoms with Crippen LogP contribution in [0.5, 0.6) is 0 Å². The quantitative estimate of drug-likeness (QED) is 0.825. The molecule has 2 rings (SSSR count). The maximum atomic E-state index is 13.7. The van der Waals surface area contributed by atoms with Crippen molar-refractivity contribution in [2.45, 2.75) is 31.2 Å². The van der Waals surface area contributed by atoms with Crippen LogP contribution in [0.25, 0.3) is 0 Å². The van der Waals surface area contributed by atoms with E-state index < -0.39 is 15.8 Å². The Bertz CT molecular complexity index is 686. The number of hydrogen-bond acceptors (Lipinski definition) is 3. The molecule has 1 aliphatic carbocycles. The zero-order chi connectivity index (χ0) is 15.0. The normalized spacial score (nSPS) is 20.1. The predicted octanol–water partition coefficient (Wildman–Crippen LogP) is 1.25. The average molecular weight is 297 g/mol. The van der Waals surface area contributed by atoms with Gasteiger partial charge in [-0.25, -0.2) is 17.5 Å². The molecule has 1 aromatic rings. The van der Waals surface area contributed by atoms with Gasteiger partial charge in [0.1, 0.15) is 12.4 Å². The Morgan fingerprint density at radius 1 is 1.50 bits per heavy atom. The Morgan fingerprint density at radius 2 is 2.15 bits per heavy atom. The minimum atomic E-state index is -3.72. The first-order valence-electron chi connectivity index (χ1n) is 6.18. The van der Waals surface area contributed by atoms with Gasteiger partial charge in [-0.05, 0) is 30.0 Å². The van der Waals surface area contributed by atoms with Crippen molar-refractivity contribution < 1.29 is 17.9 Å². The van der Waals surface area contributed by atoms with Gasteiger partial charge in [0.2, 0.25) is 10.0 Å². The number of hydrogen-bond donors (Lipinski definition) is 2. The highest BCUT2D eigenvalue weighted by Crippen LogP contribution is 2.45. The van der Waals surface area contributed by atoms with Gasteiger partial charge in [-0.3, -0.25) is 0 Å². The lowest BCUT2D eigenvalue weighted by Crippen LogP contribution is -2.28. The molecule has 1 aromatic carbocycles. The van der Waals surface area contributed by atoms with Gasteiger partial charge >= 0.3 is 0 Å². The fourth-order valence-corrected chi connectivity index (χ4v) is 3.24. The summed E-state index contributed by atoms with van der Waals surface area (Å²) in [6, 6.07) is 3.44. The molecule has 6 heteroatoms. The van der Waals surface area contributed by atoms with Gasteiger partial charge in [0.25, 0.3) is 0 Å². The molecule has 108 valence electrons. The van der Waals surface area contributed by atoms with Crippen LogP contribution >= 0.6 is 0 Å². The molecular formula is C14H16FNO3S. The topological polar surface area (TPSA) is 66.4 Å². The second-order valence-electron chi connectivity index (χ2n) is 5.47. The van der Waals surface area contributed by atoms with Crippen molar-refractivity contribution in [3.63, 3.8) is 0 Å². The first-order valence-corrected chi connectivity index (χ1v) is 7.66. The summed E-state index contributed by atoms with van der Waals surface area (Å²) in [5, 5.41) is 8.56. The molecule has 0 bridgehead atoms. The summed E-state index contributed by atoms with van der Waals surface area (Å²) in [7, 11) is -3.72. The van der Waals surface area contributed by atoms with E-state index in [1.54, 1.807) is 0 Å². The summed E-state index contributed by atoms with van der Waals surface area (Å²) in [6.07, 6.45) is 0.773. The zero-order valence-corrected chi connectivity index (χ0v) is 12.1. The van der Waals surface area contributed by atoms with Crippen molar-refractivity contribution in [3.8, 4) is 11.8 Å². The molecule has 0 saturated heterocycles. The zero-order valence-electron chi connectivity index (χ0n) is 11.3. The molecule has 0 aromatic heterocycles. The monoisotopic (exact) mass is 297 g/mol. The maximum absolute atomic E-state index is 13.7. The summed E-state index contributed by atoms with van der Waals surface area (Å²) in [5.74, 6) is 4.02. The summed E-state index contributed by atoms with van der Waals surface area (Å²) in [6.45, 7) is 3.56. The van der Waals surface area contributed by atoms with Gasteiger partial charge in [0, 0.05) is 6.04 Å². The first kappa shape index (κ1) is 15.0. The van der Waals surface area contributed by atoms with E-state index in [1.807, 2.05) is 13.8 Å². The Kier molecular flexibility index (Phi) is 3.87. The van der Waals surface area contributed by atoms with Crippen LogP contribution in [-0.4, -0.2) is 26.2 Å². The molecule has 1 aliphatic rings. The molecule has 0 heterocycles. The highest BCUT2D eigenvalue weighted by Gasteiger charge is 2.47. The number of nitrogens with one attached hydrogen (secondary N) is 1. The van der Waals surface area contributed by atoms with Crippen LogP contribution in [0.2, 0.25) is 0 Å². The minimum Gasteiger partial charge on any atom is -0.384 e. The third kappa shape index (κ3) is 3.18. The lowest BCUT2D eigenvalue weighted by molar-refractivity contribution is 0.350. The van der Waals surface area contributed by atoms with Gasteiger partial charge in [-0.15, -0.1) is 0 Å². The van der Waals surface area contributed by atoms with Crippen LogP contribution in [0.3, 0.4) is 0 Å². The molecule has 0 aliphatic heterocycles. The number of halogens is 1. The van der Waals surface area contributed by atoms with Gasteiger partial charge in [0.05, 0.1) is 10.5 Å². The fourth-order valence-electron chi connectivity index (χ4n) is 1.82. The number of aliphatic hydroxyl groups is 1. The minimum absolute atomic E-state index is 0.0435. The Balaban J connectivity index is 2.23. The highest BCUT2D eigenvalue weighted by atomic mass is 32.2. The molecule has 0 amide bonds. The van der Waals surface area contributed by atoms with Gasteiger partial charge in [0.15, 0.2) is 0 Å². The smallest absolute Gasteiger partial charge is 0.240 e. The lowest BCUT2D eigenvalue weighted by atomic mass is 10.2. The van der Waals surface area contributed by atoms with E-state index in [0.717, 1.165) is 12.5 Å². The van der Waals surface area contributed by atoms with Crippen LogP contribution in [0.1, 0.15) is 25.8 Å². The van der Waals surface area contributed by atoms with E-state index in [-0.39, 0.29) is 28.5 Å². The molecular weight excluding hydrogens is 281 g/mol. The van der Waals surface area contributed by atoms with Gasteiger partial charge < -0.3 is 5.11 Å². The Hall–Kier alpha value is -1.42. The molecule has 2 N–H and O–H groups in total. The summed E-state index contributed by atoms with van der Waals surface area (Å²) in [4.78, 5) is -0.118. The number of aliphatic hydroxyl groups excluding tert-OH is 1. The molecule has 1 fully saturated rings. The predicted molar refractivity (Wildman–Crippen MR) is 72.9 cm³/mol. The van der Waals surface area contributed by atoms with Crippen LogP contribution in [-0.2, 0) is 10.0 Å². The van der Waals surface area contributed by atoms with Crippen molar-refractivity contribution >= 4 is 10.0 Å². The molecule has 20 heavy (non-hydrogen) atoms. The molecule has 4 nitrogen and oxygen atoms in total. The van der Waals surface area contributed by atoms with Crippen LogP contribution in [0.15, 0.2) is 23.1 Å². The van der Waals surface area contributed by atoms with Crippen LogP contribution in [0, 0.1) is 23.1 Å². The van der Waals surface area contributed by atoms with Gasteiger partial charge in [-0.2, -0.15) is 0 Å². The van der Waals surface area contributed by atoms with E-state index in [0.29, 0.717) is 0 Å². The lowest BCUT2D eigenvalue weighted by Gasteiger charge is -2.08. The number of rotatable bonds is 3. The van der Waals surface area contributed by atoms with Crippen LogP contribution in [0.4, 0.5) is 4.39 Å². The summed E-state index contributed by atoms with van der Waals surface area (Å²) >= 11 is 0. The van der Waals surface area contributed by atoms with Crippen molar-refractivity contribution in [2.24, 2.45) is 5.41 Å². The second-order valence-corrected chi connectivity index (χ2v) is 7.18. The third-order valence-electron chi connectivity index (χ3n) is 3.36. The third-order valence-corrected chi connectivity index (χ3v) is 4.83. The number of benzene rings is 1. The largest absolute Gasteiger partial charge is 0.384 e. The fraction of sp³-hybridized carbons (Fsp3) is 0.429. The van der Waals surface area contributed by atoms with Crippen molar-refractivity contribution in [3.05, 3.63) is 29.6 Å².